The Morgan fingerprint density at radius 2 is 2.00 bits per heavy atom. The molecule has 3 aromatic rings. The van der Waals surface area contributed by atoms with E-state index in [4.69, 9.17) is 4.98 Å². The summed E-state index contributed by atoms with van der Waals surface area (Å²) < 4.78 is 1.78. The van der Waals surface area contributed by atoms with E-state index in [-0.39, 0.29) is 23.4 Å². The van der Waals surface area contributed by atoms with Gasteiger partial charge in [-0.25, -0.2) is 19.3 Å². The zero-order valence-corrected chi connectivity index (χ0v) is 22.4. The monoisotopic (exact) mass is 513 g/mol. The van der Waals surface area contributed by atoms with Crippen molar-refractivity contribution in [3.63, 3.8) is 0 Å². The van der Waals surface area contributed by atoms with E-state index in [1.165, 1.54) is 4.90 Å². The van der Waals surface area contributed by atoms with Crippen molar-refractivity contribution in [1.29, 1.82) is 0 Å². The summed E-state index contributed by atoms with van der Waals surface area (Å²) in [5.41, 5.74) is 1.09. The number of carboxylic acid groups (broad SMARTS) is 1. The lowest BCUT2D eigenvalue weighted by Crippen LogP contribution is -2.48. The maximum atomic E-state index is 13.6. The second kappa shape index (κ2) is 10.4. The van der Waals surface area contributed by atoms with Crippen LogP contribution in [0.1, 0.15) is 64.4 Å². The molecule has 0 unspecified atom stereocenters. The molecule has 0 radical (unpaired) electrons. The van der Waals surface area contributed by atoms with Gasteiger partial charge in [0.25, 0.3) is 5.91 Å². The summed E-state index contributed by atoms with van der Waals surface area (Å²) in [6, 6.07) is 1.75. The standard InChI is InChI=1S/C25H35N7O3S/c1-6-9-31(24(34)35)17-7-10-30(11-8-17)22(33)19-14-20(27-16(2)25(3,4)5)29-21(28-19)18-15-26-32-12-13-36-23(18)32/h12-17H,6-11H2,1-5H3,(H,34,35)(H,27,28,29)/t16-/m0/s1. The van der Waals surface area contributed by atoms with Gasteiger partial charge in [-0.1, -0.05) is 27.7 Å². The van der Waals surface area contributed by atoms with Crippen molar-refractivity contribution in [3.8, 4) is 11.4 Å². The van der Waals surface area contributed by atoms with Gasteiger partial charge in [0.05, 0.1) is 11.8 Å². The van der Waals surface area contributed by atoms with Crippen molar-refractivity contribution in [1.82, 2.24) is 29.4 Å². The Morgan fingerprint density at radius 1 is 1.28 bits per heavy atom. The highest BCUT2D eigenvalue weighted by molar-refractivity contribution is 7.16. The molecule has 0 saturated carbocycles. The minimum absolute atomic E-state index is 0.00952. The molecular formula is C25H35N7O3S. The zero-order valence-electron chi connectivity index (χ0n) is 21.6. The highest BCUT2D eigenvalue weighted by Gasteiger charge is 2.31. The van der Waals surface area contributed by atoms with Crippen LogP contribution in [0.5, 0.6) is 0 Å². The van der Waals surface area contributed by atoms with E-state index in [0.29, 0.717) is 49.8 Å². The van der Waals surface area contributed by atoms with Crippen molar-refractivity contribution in [2.24, 2.45) is 5.41 Å². The number of nitrogens with zero attached hydrogens (tertiary/aromatic N) is 6. The molecule has 194 valence electrons. The van der Waals surface area contributed by atoms with Gasteiger partial charge in [0.1, 0.15) is 16.3 Å². The van der Waals surface area contributed by atoms with Crippen LogP contribution in [-0.2, 0) is 0 Å². The fourth-order valence-corrected chi connectivity index (χ4v) is 5.08. The highest BCUT2D eigenvalue weighted by atomic mass is 32.1. The largest absolute Gasteiger partial charge is 0.465 e. The zero-order chi connectivity index (χ0) is 26.0. The number of aromatic nitrogens is 4. The Morgan fingerprint density at radius 3 is 2.64 bits per heavy atom. The molecule has 4 rings (SSSR count). The average molecular weight is 514 g/mol. The second-order valence-corrected chi connectivity index (χ2v) is 11.3. The van der Waals surface area contributed by atoms with Crippen molar-refractivity contribution in [3.05, 3.63) is 29.5 Å². The van der Waals surface area contributed by atoms with Gasteiger partial charge in [-0.15, -0.1) is 11.3 Å². The molecule has 0 aliphatic carbocycles. The molecule has 1 saturated heterocycles. The van der Waals surface area contributed by atoms with Gasteiger partial charge < -0.3 is 20.2 Å². The first-order chi connectivity index (χ1) is 17.1. The van der Waals surface area contributed by atoms with Crippen LogP contribution in [0.25, 0.3) is 16.2 Å². The Labute approximate surface area is 215 Å². The number of carbonyl (C=O) groups is 2. The van der Waals surface area contributed by atoms with E-state index in [1.807, 2.05) is 18.5 Å². The molecule has 11 heteroatoms. The molecule has 0 spiro atoms. The lowest BCUT2D eigenvalue weighted by Gasteiger charge is -2.37. The number of piperidine rings is 1. The quantitative estimate of drug-likeness (QED) is 0.471. The molecule has 36 heavy (non-hydrogen) atoms. The molecule has 0 aromatic carbocycles. The number of fused-ring (bicyclic) bond motifs is 1. The number of thiazole rings is 1. The minimum Gasteiger partial charge on any atom is -0.465 e. The van der Waals surface area contributed by atoms with E-state index >= 15 is 0 Å². The van der Waals surface area contributed by atoms with Crippen molar-refractivity contribution < 1.29 is 14.7 Å². The predicted octanol–water partition coefficient (Wildman–Crippen LogP) is 4.69. The number of amides is 2. The molecule has 1 aliphatic rings. The molecule has 1 aliphatic heterocycles. The number of hydrogen-bond acceptors (Lipinski definition) is 7. The smallest absolute Gasteiger partial charge is 0.407 e. The lowest BCUT2D eigenvalue weighted by molar-refractivity contribution is 0.0610. The van der Waals surface area contributed by atoms with Crippen LogP contribution in [0.2, 0.25) is 0 Å². The van der Waals surface area contributed by atoms with E-state index < -0.39 is 6.09 Å². The van der Waals surface area contributed by atoms with Crippen LogP contribution in [0.15, 0.2) is 23.8 Å². The first kappa shape index (κ1) is 25.9. The van der Waals surface area contributed by atoms with E-state index in [9.17, 15) is 14.7 Å². The van der Waals surface area contributed by atoms with Crippen LogP contribution >= 0.6 is 11.3 Å². The predicted molar refractivity (Wildman–Crippen MR) is 141 cm³/mol. The lowest BCUT2D eigenvalue weighted by atomic mass is 9.88. The average Bonchev–Trinajstić information content (AvgIpc) is 3.45. The Hall–Kier alpha value is -3.21. The molecule has 10 nitrogen and oxygen atoms in total. The molecule has 4 heterocycles. The second-order valence-electron chi connectivity index (χ2n) is 10.4. The number of nitrogens with one attached hydrogen (secondary N) is 1. The fraction of sp³-hybridized carbons (Fsp3) is 0.560. The number of likely N-dealkylation sites (tertiary alicyclic amines) is 1. The summed E-state index contributed by atoms with van der Waals surface area (Å²) in [7, 11) is 0. The van der Waals surface area contributed by atoms with Crippen LogP contribution in [0, 0.1) is 5.41 Å². The van der Waals surface area contributed by atoms with E-state index in [0.717, 1.165) is 16.8 Å². The fourth-order valence-electron chi connectivity index (χ4n) is 4.29. The first-order valence-corrected chi connectivity index (χ1v) is 13.3. The van der Waals surface area contributed by atoms with Gasteiger partial charge in [0.2, 0.25) is 0 Å². The third-order valence-corrected chi connectivity index (χ3v) is 7.77. The summed E-state index contributed by atoms with van der Waals surface area (Å²) in [5.74, 6) is 0.879. The molecule has 1 fully saturated rings. The van der Waals surface area contributed by atoms with Gasteiger partial charge in [-0.2, -0.15) is 5.10 Å². The molecule has 1 atom stereocenters. The SMILES string of the molecule is CCCN(C(=O)O)C1CCN(C(=O)c2cc(N[C@@H](C)C(C)(C)C)nc(-c3cnn4ccsc34)n2)CC1. The summed E-state index contributed by atoms with van der Waals surface area (Å²) in [5, 5.41) is 19.4. The summed E-state index contributed by atoms with van der Waals surface area (Å²) >= 11 is 1.54. The first-order valence-electron chi connectivity index (χ1n) is 12.4. The Balaban J connectivity index is 1.60. The topological polar surface area (TPSA) is 116 Å². The Kier molecular flexibility index (Phi) is 7.49. The number of rotatable bonds is 7. The van der Waals surface area contributed by atoms with E-state index in [1.54, 1.807) is 33.0 Å². The number of hydrogen-bond donors (Lipinski definition) is 2. The third kappa shape index (κ3) is 5.45. The minimum atomic E-state index is -0.896. The van der Waals surface area contributed by atoms with Crippen LogP contribution in [-0.4, -0.2) is 78.2 Å². The van der Waals surface area contributed by atoms with Gasteiger partial charge in [0, 0.05) is 49.4 Å². The van der Waals surface area contributed by atoms with Crippen molar-refractivity contribution >= 4 is 34.0 Å². The summed E-state index contributed by atoms with van der Waals surface area (Å²) in [6.07, 6.45) is 4.70. The summed E-state index contributed by atoms with van der Waals surface area (Å²) in [4.78, 5) is 38.8. The van der Waals surface area contributed by atoms with Crippen LogP contribution in [0.4, 0.5) is 10.6 Å². The molecule has 3 aromatic heterocycles. The highest BCUT2D eigenvalue weighted by Crippen LogP contribution is 2.29. The maximum Gasteiger partial charge on any atom is 0.407 e. The molecule has 0 bridgehead atoms. The van der Waals surface area contributed by atoms with Crippen molar-refractivity contribution in [2.75, 3.05) is 25.0 Å². The maximum absolute atomic E-state index is 13.6. The van der Waals surface area contributed by atoms with Gasteiger partial charge in [-0.05, 0) is 31.6 Å². The Bertz CT molecular complexity index is 1220. The molecular weight excluding hydrogens is 478 g/mol. The van der Waals surface area contributed by atoms with E-state index in [2.05, 4.69) is 43.1 Å². The van der Waals surface area contributed by atoms with Crippen LogP contribution < -0.4 is 5.32 Å². The number of anilines is 1. The van der Waals surface area contributed by atoms with Gasteiger partial charge >= 0.3 is 6.09 Å². The van der Waals surface area contributed by atoms with Gasteiger partial charge in [0.15, 0.2) is 5.82 Å². The summed E-state index contributed by atoms with van der Waals surface area (Å²) in [6.45, 7) is 12.0. The van der Waals surface area contributed by atoms with Crippen LogP contribution in [0.3, 0.4) is 0 Å². The third-order valence-electron chi connectivity index (χ3n) is 6.88. The number of carbonyl (C=O) groups excluding carboxylic acids is 1. The normalized spacial score (nSPS) is 15.8. The van der Waals surface area contributed by atoms with Gasteiger partial charge in [-0.3, -0.25) is 4.79 Å². The molecule has 2 amide bonds. The van der Waals surface area contributed by atoms with Crippen molar-refractivity contribution in [2.45, 2.75) is 66.0 Å². The molecule has 2 N–H and O–H groups in total.